The summed E-state index contributed by atoms with van der Waals surface area (Å²) in [6.45, 7) is 6.06. The van der Waals surface area contributed by atoms with E-state index in [9.17, 15) is 13.2 Å². The molecule has 0 unspecified atom stereocenters. The van der Waals surface area contributed by atoms with Gasteiger partial charge in [0.15, 0.2) is 5.65 Å². The van der Waals surface area contributed by atoms with Crippen LogP contribution in [0, 0.1) is 20.8 Å². The number of fused-ring (bicyclic) bond motifs is 2. The summed E-state index contributed by atoms with van der Waals surface area (Å²) in [5, 5.41) is 2.23. The normalized spacial score (nSPS) is 11.8. The topological polar surface area (TPSA) is 94.0 Å². The minimum atomic E-state index is -4.04. The van der Waals surface area contributed by atoms with Gasteiger partial charge in [0.25, 0.3) is 15.9 Å². The molecule has 182 valence electrons. The molecule has 0 aliphatic carbocycles. The van der Waals surface area contributed by atoms with Crippen LogP contribution in [0.4, 0.5) is 0 Å². The van der Waals surface area contributed by atoms with Crippen LogP contribution in [0.5, 0.6) is 0 Å². The second-order valence-electron chi connectivity index (χ2n) is 8.75. The predicted molar refractivity (Wildman–Crippen MR) is 144 cm³/mol. The lowest BCUT2D eigenvalue weighted by Gasteiger charge is -2.12. The van der Waals surface area contributed by atoms with Crippen LogP contribution in [0.2, 0.25) is 0 Å². The number of nitrogens with one attached hydrogen (secondary N) is 1. The Kier molecular flexibility index (Phi) is 6.13. The number of hydrogen-bond donors (Lipinski definition) is 1. The standard InChI is InChI=1S/C27H23BrN4O3S/c1-16-8-12-21(13-9-16)36(34,35)31-27(33)23-14-17(2)25-26(30-23)32(18(3)29-25)15-20-11-10-19-6-4-5-7-22(19)24(20)28/h4-14H,15H2,1-3H3,(H,31,33). The van der Waals surface area contributed by atoms with Gasteiger partial charge in [-0.3, -0.25) is 4.79 Å². The second-order valence-corrected chi connectivity index (χ2v) is 11.2. The lowest BCUT2D eigenvalue weighted by molar-refractivity contribution is 0.0976. The average Bonchev–Trinajstić information content (AvgIpc) is 3.16. The molecule has 0 saturated carbocycles. The number of halogens is 1. The fourth-order valence-electron chi connectivity index (χ4n) is 4.18. The third kappa shape index (κ3) is 4.40. The number of hydrogen-bond acceptors (Lipinski definition) is 5. The maximum atomic E-state index is 13.0. The minimum Gasteiger partial charge on any atom is -0.308 e. The SMILES string of the molecule is Cc1ccc(S(=O)(=O)NC(=O)c2cc(C)c3nc(C)n(Cc4ccc5ccccc5c4Br)c3n2)cc1. The van der Waals surface area contributed by atoms with E-state index in [1.807, 2.05) is 37.5 Å². The summed E-state index contributed by atoms with van der Waals surface area (Å²) in [5.41, 5.74) is 3.89. The molecule has 0 saturated heterocycles. The number of pyridine rings is 1. The van der Waals surface area contributed by atoms with E-state index < -0.39 is 15.9 Å². The molecule has 2 aromatic heterocycles. The molecular formula is C27H23BrN4O3S. The van der Waals surface area contributed by atoms with Crippen molar-refractivity contribution in [2.45, 2.75) is 32.2 Å². The van der Waals surface area contributed by atoms with E-state index in [1.165, 1.54) is 12.1 Å². The number of rotatable bonds is 5. The lowest BCUT2D eigenvalue weighted by Crippen LogP contribution is -2.31. The van der Waals surface area contributed by atoms with Crippen LogP contribution in [-0.4, -0.2) is 28.9 Å². The van der Waals surface area contributed by atoms with E-state index in [1.54, 1.807) is 18.2 Å². The Bertz CT molecular complexity index is 1760. The zero-order valence-electron chi connectivity index (χ0n) is 19.9. The van der Waals surface area contributed by atoms with Crippen LogP contribution in [0.15, 0.2) is 76.1 Å². The zero-order chi connectivity index (χ0) is 25.6. The maximum Gasteiger partial charge on any atom is 0.283 e. The van der Waals surface area contributed by atoms with Gasteiger partial charge in [-0.25, -0.2) is 23.1 Å². The number of aromatic nitrogens is 3. The second kappa shape index (κ2) is 9.15. The first-order valence-corrected chi connectivity index (χ1v) is 13.6. The summed E-state index contributed by atoms with van der Waals surface area (Å²) in [6, 6.07) is 20.1. The largest absolute Gasteiger partial charge is 0.308 e. The summed E-state index contributed by atoms with van der Waals surface area (Å²) in [6.07, 6.45) is 0. The monoisotopic (exact) mass is 562 g/mol. The lowest BCUT2D eigenvalue weighted by atomic mass is 10.1. The number of carbonyl (C=O) groups excluding carboxylic acids is 1. The summed E-state index contributed by atoms with van der Waals surface area (Å²) < 4.78 is 30.6. The van der Waals surface area contributed by atoms with Gasteiger partial charge in [-0.05, 0) is 76.8 Å². The smallest absolute Gasteiger partial charge is 0.283 e. The van der Waals surface area contributed by atoms with E-state index in [2.05, 4.69) is 54.9 Å². The Labute approximate surface area is 217 Å². The van der Waals surface area contributed by atoms with Gasteiger partial charge >= 0.3 is 0 Å². The number of nitrogens with zero attached hydrogens (tertiary/aromatic N) is 3. The van der Waals surface area contributed by atoms with Crippen molar-refractivity contribution in [1.82, 2.24) is 19.3 Å². The van der Waals surface area contributed by atoms with Gasteiger partial charge in [0.1, 0.15) is 17.0 Å². The fraction of sp³-hybridized carbons (Fsp3) is 0.148. The number of amides is 1. The molecule has 5 rings (SSSR count). The highest BCUT2D eigenvalue weighted by atomic mass is 79.9. The highest BCUT2D eigenvalue weighted by Gasteiger charge is 2.22. The van der Waals surface area contributed by atoms with Crippen LogP contribution in [-0.2, 0) is 16.6 Å². The Morgan fingerprint density at radius 2 is 1.69 bits per heavy atom. The van der Waals surface area contributed by atoms with Gasteiger partial charge in [0, 0.05) is 4.47 Å². The van der Waals surface area contributed by atoms with Crippen molar-refractivity contribution in [1.29, 1.82) is 0 Å². The molecule has 2 heterocycles. The van der Waals surface area contributed by atoms with Crippen LogP contribution < -0.4 is 4.72 Å². The van der Waals surface area contributed by atoms with Crippen molar-refractivity contribution >= 4 is 53.8 Å². The third-order valence-corrected chi connectivity index (χ3v) is 8.43. The molecule has 1 N–H and O–H groups in total. The van der Waals surface area contributed by atoms with Gasteiger partial charge in [-0.1, -0.05) is 54.1 Å². The molecule has 7 nitrogen and oxygen atoms in total. The Balaban J connectivity index is 1.52. The maximum absolute atomic E-state index is 13.0. The quantitative estimate of drug-likeness (QED) is 0.308. The highest BCUT2D eigenvalue weighted by Crippen LogP contribution is 2.30. The molecule has 0 atom stereocenters. The van der Waals surface area contributed by atoms with Crippen LogP contribution >= 0.6 is 15.9 Å². The Hall–Kier alpha value is -3.56. The minimum absolute atomic E-state index is 0.00872. The summed E-state index contributed by atoms with van der Waals surface area (Å²) >= 11 is 3.74. The number of sulfonamides is 1. The van der Waals surface area contributed by atoms with Crippen molar-refractivity contribution in [3.8, 4) is 0 Å². The Morgan fingerprint density at radius 3 is 2.44 bits per heavy atom. The molecule has 1 amide bonds. The molecule has 0 bridgehead atoms. The fourth-order valence-corrected chi connectivity index (χ4v) is 5.76. The molecule has 0 spiro atoms. The van der Waals surface area contributed by atoms with Crippen LogP contribution in [0.25, 0.3) is 21.9 Å². The molecule has 5 aromatic rings. The average molecular weight is 563 g/mol. The summed E-state index contributed by atoms with van der Waals surface area (Å²) in [7, 11) is -4.04. The molecule has 0 fully saturated rings. The van der Waals surface area contributed by atoms with Crippen molar-refractivity contribution in [3.05, 3.63) is 99.4 Å². The number of aryl methyl sites for hydroxylation is 3. The van der Waals surface area contributed by atoms with Gasteiger partial charge in [0.2, 0.25) is 0 Å². The summed E-state index contributed by atoms with van der Waals surface area (Å²) in [5.74, 6) is -0.0524. The molecular weight excluding hydrogens is 540 g/mol. The number of benzene rings is 3. The van der Waals surface area contributed by atoms with Crippen molar-refractivity contribution in [2.24, 2.45) is 0 Å². The molecule has 0 radical (unpaired) electrons. The number of imidazole rings is 1. The number of carbonyl (C=O) groups is 1. The van der Waals surface area contributed by atoms with E-state index in [0.29, 0.717) is 17.7 Å². The summed E-state index contributed by atoms with van der Waals surface area (Å²) in [4.78, 5) is 22.2. The molecule has 0 aliphatic rings. The van der Waals surface area contributed by atoms with Gasteiger partial charge < -0.3 is 4.57 Å². The van der Waals surface area contributed by atoms with Crippen LogP contribution in [0.1, 0.15) is 33.0 Å². The molecule has 9 heteroatoms. The predicted octanol–water partition coefficient (Wildman–Crippen LogP) is 5.44. The van der Waals surface area contributed by atoms with E-state index in [-0.39, 0.29) is 10.6 Å². The van der Waals surface area contributed by atoms with Gasteiger partial charge in [-0.15, -0.1) is 0 Å². The molecule has 3 aromatic carbocycles. The first-order chi connectivity index (χ1) is 17.1. The van der Waals surface area contributed by atoms with Crippen molar-refractivity contribution in [2.75, 3.05) is 0 Å². The first-order valence-electron chi connectivity index (χ1n) is 11.3. The van der Waals surface area contributed by atoms with Gasteiger partial charge in [-0.2, -0.15) is 0 Å². The third-order valence-electron chi connectivity index (χ3n) is 6.15. The van der Waals surface area contributed by atoms with Crippen molar-refractivity contribution < 1.29 is 13.2 Å². The molecule has 0 aliphatic heterocycles. The van der Waals surface area contributed by atoms with Gasteiger partial charge in [0.05, 0.1) is 11.4 Å². The molecule has 36 heavy (non-hydrogen) atoms. The van der Waals surface area contributed by atoms with E-state index in [0.717, 1.165) is 37.8 Å². The van der Waals surface area contributed by atoms with Crippen LogP contribution in [0.3, 0.4) is 0 Å². The van der Waals surface area contributed by atoms with E-state index in [4.69, 9.17) is 0 Å². The highest BCUT2D eigenvalue weighted by molar-refractivity contribution is 9.10. The first kappa shape index (κ1) is 24.1. The Morgan fingerprint density at radius 1 is 0.972 bits per heavy atom. The van der Waals surface area contributed by atoms with E-state index >= 15 is 0 Å². The zero-order valence-corrected chi connectivity index (χ0v) is 22.3. The van der Waals surface area contributed by atoms with Crippen molar-refractivity contribution in [3.63, 3.8) is 0 Å².